The Hall–Kier alpha value is -1.94. The number of aromatic nitrogens is 2. The average Bonchev–Trinajstić information content (AvgIpc) is 2.93. The third-order valence-electron chi connectivity index (χ3n) is 2.84. The van der Waals surface area contributed by atoms with Crippen molar-refractivity contribution in [2.24, 2.45) is 0 Å². The quantitative estimate of drug-likeness (QED) is 0.828. The van der Waals surface area contributed by atoms with E-state index in [1.165, 1.54) is 0 Å². The molecule has 1 aromatic carbocycles. The molecule has 0 saturated carbocycles. The molecule has 0 radical (unpaired) electrons. The van der Waals surface area contributed by atoms with Gasteiger partial charge in [-0.1, -0.05) is 30.3 Å². The number of benzene rings is 1. The van der Waals surface area contributed by atoms with E-state index in [0.717, 1.165) is 18.6 Å². The first-order valence-corrected chi connectivity index (χ1v) is 6.05. The number of nitrogens with zero attached hydrogens (tertiary/aromatic N) is 2. The summed E-state index contributed by atoms with van der Waals surface area (Å²) in [6.07, 6.45) is 2.76. The van der Waals surface area contributed by atoms with Crippen molar-refractivity contribution in [3.05, 3.63) is 42.6 Å². The second-order valence-corrected chi connectivity index (χ2v) is 4.19. The van der Waals surface area contributed by atoms with E-state index < -0.39 is 0 Å². The summed E-state index contributed by atoms with van der Waals surface area (Å²) >= 11 is 0. The number of ether oxygens (including phenoxy) is 2. The molecule has 1 saturated heterocycles. The molecule has 0 N–H and O–H groups in total. The van der Waals surface area contributed by atoms with Gasteiger partial charge in [0.25, 0.3) is 0 Å². The van der Waals surface area contributed by atoms with Crippen LogP contribution in [0, 0.1) is 0 Å². The van der Waals surface area contributed by atoms with Crippen molar-refractivity contribution in [1.29, 1.82) is 0 Å². The standard InChI is InChI=1S/C14H14N2O2/c1-2-4-11(5-3-1)14-15-8-6-13(16-14)18-12-7-9-17-10-12/h1-6,8,12H,7,9-10H2/t12-/m0/s1. The van der Waals surface area contributed by atoms with E-state index in [4.69, 9.17) is 9.47 Å². The van der Waals surface area contributed by atoms with Crippen molar-refractivity contribution < 1.29 is 9.47 Å². The Labute approximate surface area is 106 Å². The van der Waals surface area contributed by atoms with Crippen LogP contribution in [0.4, 0.5) is 0 Å². The fourth-order valence-corrected chi connectivity index (χ4v) is 1.91. The highest BCUT2D eigenvalue weighted by Crippen LogP contribution is 2.19. The smallest absolute Gasteiger partial charge is 0.217 e. The van der Waals surface area contributed by atoms with Crippen molar-refractivity contribution in [3.63, 3.8) is 0 Å². The maximum absolute atomic E-state index is 5.76. The first-order valence-electron chi connectivity index (χ1n) is 6.05. The molecule has 18 heavy (non-hydrogen) atoms. The lowest BCUT2D eigenvalue weighted by atomic mass is 10.2. The van der Waals surface area contributed by atoms with Gasteiger partial charge in [0.15, 0.2) is 5.82 Å². The Bertz CT molecular complexity index is 510. The third kappa shape index (κ3) is 2.49. The van der Waals surface area contributed by atoms with Crippen molar-refractivity contribution in [3.8, 4) is 17.3 Å². The van der Waals surface area contributed by atoms with Gasteiger partial charge in [-0.2, -0.15) is 4.98 Å². The van der Waals surface area contributed by atoms with Crippen LogP contribution in [0.3, 0.4) is 0 Å². The van der Waals surface area contributed by atoms with Crippen molar-refractivity contribution in [1.82, 2.24) is 9.97 Å². The molecule has 0 aliphatic carbocycles. The summed E-state index contributed by atoms with van der Waals surface area (Å²) in [6, 6.07) is 11.7. The molecule has 1 aliphatic heterocycles. The lowest BCUT2D eigenvalue weighted by molar-refractivity contribution is 0.138. The van der Waals surface area contributed by atoms with E-state index in [0.29, 0.717) is 18.3 Å². The van der Waals surface area contributed by atoms with Crippen LogP contribution in [0.5, 0.6) is 5.88 Å². The predicted octanol–water partition coefficient (Wildman–Crippen LogP) is 2.31. The predicted molar refractivity (Wildman–Crippen MR) is 67.3 cm³/mol. The maximum atomic E-state index is 5.76. The molecule has 1 aromatic heterocycles. The highest BCUT2D eigenvalue weighted by atomic mass is 16.5. The van der Waals surface area contributed by atoms with E-state index in [-0.39, 0.29) is 6.10 Å². The van der Waals surface area contributed by atoms with Crippen LogP contribution in [-0.2, 0) is 4.74 Å². The van der Waals surface area contributed by atoms with E-state index in [9.17, 15) is 0 Å². The van der Waals surface area contributed by atoms with Crippen molar-refractivity contribution >= 4 is 0 Å². The fourth-order valence-electron chi connectivity index (χ4n) is 1.91. The molecule has 0 amide bonds. The fraction of sp³-hybridized carbons (Fsp3) is 0.286. The Morgan fingerprint density at radius 1 is 1.17 bits per heavy atom. The van der Waals surface area contributed by atoms with Gasteiger partial charge in [0.1, 0.15) is 6.10 Å². The van der Waals surface area contributed by atoms with Crippen molar-refractivity contribution in [2.75, 3.05) is 13.2 Å². The first-order chi connectivity index (χ1) is 8.92. The molecule has 92 valence electrons. The molecule has 3 rings (SSSR count). The van der Waals surface area contributed by atoms with Crippen LogP contribution in [0.2, 0.25) is 0 Å². The van der Waals surface area contributed by atoms with Crippen LogP contribution in [0.25, 0.3) is 11.4 Å². The van der Waals surface area contributed by atoms with Gasteiger partial charge in [0, 0.05) is 24.2 Å². The molecule has 4 heteroatoms. The topological polar surface area (TPSA) is 44.2 Å². The average molecular weight is 242 g/mol. The van der Waals surface area contributed by atoms with E-state index >= 15 is 0 Å². The number of hydrogen-bond acceptors (Lipinski definition) is 4. The molecule has 1 fully saturated rings. The molecule has 0 bridgehead atoms. The molecule has 4 nitrogen and oxygen atoms in total. The van der Waals surface area contributed by atoms with Gasteiger partial charge in [-0.3, -0.25) is 0 Å². The lowest BCUT2D eigenvalue weighted by Crippen LogP contribution is -2.16. The second kappa shape index (κ2) is 5.14. The Morgan fingerprint density at radius 3 is 2.83 bits per heavy atom. The third-order valence-corrected chi connectivity index (χ3v) is 2.84. The minimum atomic E-state index is 0.114. The Morgan fingerprint density at radius 2 is 2.06 bits per heavy atom. The zero-order valence-electron chi connectivity index (χ0n) is 9.95. The van der Waals surface area contributed by atoms with Crippen LogP contribution in [0.1, 0.15) is 6.42 Å². The minimum absolute atomic E-state index is 0.114. The highest BCUT2D eigenvalue weighted by molar-refractivity contribution is 5.54. The largest absolute Gasteiger partial charge is 0.472 e. The first kappa shape index (κ1) is 11.2. The van der Waals surface area contributed by atoms with Crippen LogP contribution >= 0.6 is 0 Å². The Kier molecular flexibility index (Phi) is 3.19. The molecule has 0 unspecified atom stereocenters. The summed E-state index contributed by atoms with van der Waals surface area (Å²) in [5.41, 5.74) is 0.991. The summed E-state index contributed by atoms with van der Waals surface area (Å²) in [5.74, 6) is 1.30. The summed E-state index contributed by atoms with van der Waals surface area (Å²) < 4.78 is 11.0. The van der Waals surface area contributed by atoms with Crippen molar-refractivity contribution in [2.45, 2.75) is 12.5 Å². The van der Waals surface area contributed by atoms with Gasteiger partial charge < -0.3 is 9.47 Å². The van der Waals surface area contributed by atoms with Crippen LogP contribution in [-0.4, -0.2) is 29.3 Å². The molecule has 0 spiro atoms. The minimum Gasteiger partial charge on any atom is -0.472 e. The SMILES string of the molecule is c1ccc(-c2nccc(O[C@H]3CCOC3)n2)cc1. The second-order valence-electron chi connectivity index (χ2n) is 4.19. The number of rotatable bonds is 3. The van der Waals surface area contributed by atoms with E-state index in [1.54, 1.807) is 12.3 Å². The molecular weight excluding hydrogens is 228 g/mol. The normalized spacial score (nSPS) is 18.8. The number of hydrogen-bond donors (Lipinski definition) is 0. The summed E-state index contributed by atoms with van der Waals surface area (Å²) in [6.45, 7) is 1.41. The molecule has 2 aromatic rings. The highest BCUT2D eigenvalue weighted by Gasteiger charge is 2.17. The molecule has 1 aliphatic rings. The van der Waals surface area contributed by atoms with Crippen LogP contribution in [0.15, 0.2) is 42.6 Å². The summed E-state index contributed by atoms with van der Waals surface area (Å²) in [7, 11) is 0. The summed E-state index contributed by atoms with van der Waals surface area (Å²) in [4.78, 5) is 8.68. The zero-order valence-corrected chi connectivity index (χ0v) is 9.95. The van der Waals surface area contributed by atoms with Gasteiger partial charge in [0.2, 0.25) is 5.88 Å². The molecule has 2 heterocycles. The van der Waals surface area contributed by atoms with Gasteiger partial charge in [-0.05, 0) is 0 Å². The zero-order chi connectivity index (χ0) is 12.2. The molecule has 1 atom stereocenters. The van der Waals surface area contributed by atoms with E-state index in [1.807, 2.05) is 30.3 Å². The van der Waals surface area contributed by atoms with Gasteiger partial charge in [-0.25, -0.2) is 4.98 Å². The van der Waals surface area contributed by atoms with Gasteiger partial charge >= 0.3 is 0 Å². The van der Waals surface area contributed by atoms with Crippen LogP contribution < -0.4 is 4.74 Å². The van der Waals surface area contributed by atoms with Gasteiger partial charge in [-0.15, -0.1) is 0 Å². The maximum Gasteiger partial charge on any atom is 0.217 e. The monoisotopic (exact) mass is 242 g/mol. The molecular formula is C14H14N2O2. The Balaban J connectivity index is 1.80. The van der Waals surface area contributed by atoms with Gasteiger partial charge in [0.05, 0.1) is 13.2 Å². The summed E-state index contributed by atoms with van der Waals surface area (Å²) in [5, 5.41) is 0. The lowest BCUT2D eigenvalue weighted by Gasteiger charge is -2.11. The van der Waals surface area contributed by atoms with E-state index in [2.05, 4.69) is 9.97 Å².